The van der Waals surface area contributed by atoms with Crippen molar-refractivity contribution >= 4 is 0 Å². The van der Waals surface area contributed by atoms with Crippen LogP contribution in [0.25, 0.3) is 0 Å². The van der Waals surface area contributed by atoms with Crippen molar-refractivity contribution in [3.63, 3.8) is 0 Å². The number of nitrogens with zero attached hydrogens (tertiary/aromatic N) is 2. The molecule has 0 saturated heterocycles. The van der Waals surface area contributed by atoms with E-state index < -0.39 is 0 Å². The van der Waals surface area contributed by atoms with E-state index in [9.17, 15) is 4.39 Å². The Kier molecular flexibility index (Phi) is 3.62. The third kappa shape index (κ3) is 2.36. The first kappa shape index (κ1) is 12.6. The molecule has 0 bridgehead atoms. The summed E-state index contributed by atoms with van der Waals surface area (Å²) in [4.78, 5) is 0. The Bertz CT molecular complexity index is 539. The van der Waals surface area contributed by atoms with Crippen LogP contribution in [0.15, 0.2) is 30.6 Å². The summed E-state index contributed by atoms with van der Waals surface area (Å²) < 4.78 is 20.3. The van der Waals surface area contributed by atoms with Crippen LogP contribution in [-0.2, 0) is 7.05 Å². The van der Waals surface area contributed by atoms with Gasteiger partial charge in [0.1, 0.15) is 0 Å². The number of hydrogen-bond acceptors (Lipinski definition) is 3. The molecular weight excluding hydrogens is 233 g/mol. The molecule has 0 spiro atoms. The van der Waals surface area contributed by atoms with Gasteiger partial charge in [-0.25, -0.2) is 4.39 Å². The minimum Gasteiger partial charge on any atom is -0.494 e. The highest BCUT2D eigenvalue weighted by atomic mass is 19.1. The zero-order valence-corrected chi connectivity index (χ0v) is 10.6. The molecule has 96 valence electrons. The van der Waals surface area contributed by atoms with Crippen molar-refractivity contribution in [3.05, 3.63) is 47.5 Å². The third-order valence-electron chi connectivity index (χ3n) is 2.86. The summed E-state index contributed by atoms with van der Waals surface area (Å²) in [6.07, 6.45) is 3.67. The van der Waals surface area contributed by atoms with Gasteiger partial charge in [0.15, 0.2) is 11.6 Å². The SMILES string of the molecule is CNC(c1ccc(OC)c(F)c1)c1cnn(C)c1. The van der Waals surface area contributed by atoms with Crippen LogP contribution in [0.5, 0.6) is 5.75 Å². The number of rotatable bonds is 4. The van der Waals surface area contributed by atoms with Gasteiger partial charge in [-0.1, -0.05) is 6.07 Å². The molecule has 1 unspecified atom stereocenters. The second-order valence-electron chi connectivity index (χ2n) is 4.06. The van der Waals surface area contributed by atoms with Gasteiger partial charge in [0, 0.05) is 18.8 Å². The van der Waals surface area contributed by atoms with E-state index >= 15 is 0 Å². The Morgan fingerprint density at radius 3 is 2.67 bits per heavy atom. The number of nitrogens with one attached hydrogen (secondary N) is 1. The zero-order valence-electron chi connectivity index (χ0n) is 10.6. The van der Waals surface area contributed by atoms with E-state index in [4.69, 9.17) is 4.74 Å². The summed E-state index contributed by atoms with van der Waals surface area (Å²) in [6, 6.07) is 4.87. The summed E-state index contributed by atoms with van der Waals surface area (Å²) in [5.41, 5.74) is 1.83. The van der Waals surface area contributed by atoms with E-state index in [-0.39, 0.29) is 17.6 Å². The van der Waals surface area contributed by atoms with E-state index in [1.165, 1.54) is 13.2 Å². The number of methoxy groups -OCH3 is 1. The highest BCUT2D eigenvalue weighted by molar-refractivity contribution is 5.35. The molecule has 0 fully saturated rings. The molecule has 0 saturated carbocycles. The van der Waals surface area contributed by atoms with Crippen LogP contribution in [0.3, 0.4) is 0 Å². The van der Waals surface area contributed by atoms with Gasteiger partial charge in [-0.05, 0) is 24.7 Å². The van der Waals surface area contributed by atoms with Crippen molar-refractivity contribution in [2.24, 2.45) is 7.05 Å². The molecule has 4 nitrogen and oxygen atoms in total. The number of halogens is 1. The first-order valence-electron chi connectivity index (χ1n) is 5.65. The molecule has 2 rings (SSSR count). The van der Waals surface area contributed by atoms with Gasteiger partial charge in [-0.3, -0.25) is 4.68 Å². The predicted molar refractivity (Wildman–Crippen MR) is 67.1 cm³/mol. The fourth-order valence-electron chi connectivity index (χ4n) is 1.98. The van der Waals surface area contributed by atoms with Crippen LogP contribution >= 0.6 is 0 Å². The molecular formula is C13H16FN3O. The van der Waals surface area contributed by atoms with Crippen molar-refractivity contribution < 1.29 is 9.13 Å². The highest BCUT2D eigenvalue weighted by Crippen LogP contribution is 2.25. The number of aromatic nitrogens is 2. The zero-order chi connectivity index (χ0) is 13.1. The van der Waals surface area contributed by atoms with Gasteiger partial charge in [0.05, 0.1) is 19.3 Å². The highest BCUT2D eigenvalue weighted by Gasteiger charge is 2.15. The minimum absolute atomic E-state index is 0.0842. The van der Waals surface area contributed by atoms with Crippen molar-refractivity contribution in [2.45, 2.75) is 6.04 Å². The molecule has 0 amide bonds. The predicted octanol–water partition coefficient (Wildman–Crippen LogP) is 1.88. The largest absolute Gasteiger partial charge is 0.494 e. The Morgan fingerprint density at radius 2 is 2.17 bits per heavy atom. The first-order chi connectivity index (χ1) is 8.65. The third-order valence-corrected chi connectivity index (χ3v) is 2.86. The lowest BCUT2D eigenvalue weighted by Gasteiger charge is -2.15. The summed E-state index contributed by atoms with van der Waals surface area (Å²) >= 11 is 0. The van der Waals surface area contributed by atoms with E-state index in [1.54, 1.807) is 16.9 Å². The smallest absolute Gasteiger partial charge is 0.165 e. The van der Waals surface area contributed by atoms with Crippen molar-refractivity contribution in [3.8, 4) is 5.75 Å². The number of benzene rings is 1. The second-order valence-corrected chi connectivity index (χ2v) is 4.06. The molecule has 0 aliphatic carbocycles. The summed E-state index contributed by atoms with van der Waals surface area (Å²) in [5.74, 6) is -0.112. The van der Waals surface area contributed by atoms with Crippen LogP contribution in [0.4, 0.5) is 4.39 Å². The van der Waals surface area contributed by atoms with Crippen molar-refractivity contribution in [1.82, 2.24) is 15.1 Å². The monoisotopic (exact) mass is 249 g/mol. The molecule has 1 atom stereocenters. The molecule has 0 aliphatic rings. The van der Waals surface area contributed by atoms with E-state index in [2.05, 4.69) is 10.4 Å². The van der Waals surface area contributed by atoms with Crippen molar-refractivity contribution in [1.29, 1.82) is 0 Å². The lowest BCUT2D eigenvalue weighted by molar-refractivity contribution is 0.386. The molecule has 2 aromatic rings. The molecule has 1 aromatic carbocycles. The summed E-state index contributed by atoms with van der Waals surface area (Å²) in [6.45, 7) is 0. The van der Waals surface area contributed by atoms with Gasteiger partial charge in [-0.15, -0.1) is 0 Å². The molecule has 18 heavy (non-hydrogen) atoms. The van der Waals surface area contributed by atoms with Gasteiger partial charge < -0.3 is 10.1 Å². The maximum Gasteiger partial charge on any atom is 0.165 e. The quantitative estimate of drug-likeness (QED) is 0.899. The Labute approximate surface area is 105 Å². The van der Waals surface area contributed by atoms with Crippen LogP contribution in [0, 0.1) is 5.82 Å². The average Bonchev–Trinajstić information content (AvgIpc) is 2.77. The molecule has 1 heterocycles. The fourth-order valence-corrected chi connectivity index (χ4v) is 1.98. The van der Waals surface area contributed by atoms with Gasteiger partial charge in [-0.2, -0.15) is 5.10 Å². The maximum atomic E-state index is 13.7. The van der Waals surface area contributed by atoms with Gasteiger partial charge in [0.25, 0.3) is 0 Å². The van der Waals surface area contributed by atoms with E-state index in [1.807, 2.05) is 26.4 Å². The Morgan fingerprint density at radius 1 is 1.39 bits per heavy atom. The molecule has 0 aliphatic heterocycles. The Balaban J connectivity index is 2.36. The van der Waals surface area contributed by atoms with Crippen LogP contribution < -0.4 is 10.1 Å². The molecule has 5 heteroatoms. The van der Waals surface area contributed by atoms with Crippen LogP contribution in [0.1, 0.15) is 17.2 Å². The molecule has 0 radical (unpaired) electrons. The van der Waals surface area contributed by atoms with Crippen LogP contribution in [0.2, 0.25) is 0 Å². The summed E-state index contributed by atoms with van der Waals surface area (Å²) in [7, 11) is 5.14. The Hall–Kier alpha value is -1.88. The second kappa shape index (κ2) is 5.18. The lowest BCUT2D eigenvalue weighted by atomic mass is 10.0. The number of hydrogen-bond donors (Lipinski definition) is 1. The lowest BCUT2D eigenvalue weighted by Crippen LogP contribution is -2.17. The van der Waals surface area contributed by atoms with Crippen molar-refractivity contribution in [2.75, 3.05) is 14.2 Å². The van der Waals surface area contributed by atoms with Gasteiger partial charge in [0.2, 0.25) is 0 Å². The number of aryl methyl sites for hydroxylation is 1. The van der Waals surface area contributed by atoms with E-state index in [0.29, 0.717) is 0 Å². The minimum atomic E-state index is -0.362. The van der Waals surface area contributed by atoms with E-state index in [0.717, 1.165) is 11.1 Å². The van der Waals surface area contributed by atoms with Gasteiger partial charge >= 0.3 is 0 Å². The normalized spacial score (nSPS) is 12.4. The first-order valence-corrected chi connectivity index (χ1v) is 5.65. The molecule has 1 N–H and O–H groups in total. The standard InChI is InChI=1S/C13H16FN3O/c1-15-13(10-7-16-17(2)8-10)9-4-5-12(18-3)11(14)6-9/h4-8,13,15H,1-3H3. The fraction of sp³-hybridized carbons (Fsp3) is 0.308. The summed E-state index contributed by atoms with van der Waals surface area (Å²) in [5, 5.41) is 7.28. The molecule has 1 aromatic heterocycles. The topological polar surface area (TPSA) is 39.1 Å². The van der Waals surface area contributed by atoms with Crippen LogP contribution in [-0.4, -0.2) is 23.9 Å². The maximum absolute atomic E-state index is 13.7. The number of ether oxygens (including phenoxy) is 1. The average molecular weight is 249 g/mol.